The van der Waals surface area contributed by atoms with Crippen LogP contribution < -0.4 is 5.32 Å². The number of hydrogen-bond donors (Lipinski definition) is 1. The molecule has 0 aliphatic carbocycles. The number of carbonyl (C=O) groups is 2. The lowest BCUT2D eigenvalue weighted by Gasteiger charge is -2.39. The molecule has 1 atom stereocenters. The first-order chi connectivity index (χ1) is 15.6. The normalized spacial score (nSPS) is 19.8. The molecule has 2 aromatic rings. The summed E-state index contributed by atoms with van der Waals surface area (Å²) < 4.78 is 6.04. The van der Waals surface area contributed by atoms with Crippen molar-refractivity contribution in [1.29, 1.82) is 0 Å². The quantitative estimate of drug-likeness (QED) is 0.716. The fourth-order valence-corrected chi connectivity index (χ4v) is 4.89. The van der Waals surface area contributed by atoms with Gasteiger partial charge < -0.3 is 15.0 Å². The predicted octanol–water partition coefficient (Wildman–Crippen LogP) is 3.93. The monoisotopic (exact) mass is 435 g/mol. The van der Waals surface area contributed by atoms with Crippen LogP contribution in [0.4, 0.5) is 5.69 Å². The van der Waals surface area contributed by atoms with Gasteiger partial charge in [0.1, 0.15) is 0 Å². The van der Waals surface area contributed by atoms with Crippen LogP contribution in [0.15, 0.2) is 54.6 Å². The van der Waals surface area contributed by atoms with E-state index >= 15 is 0 Å². The summed E-state index contributed by atoms with van der Waals surface area (Å²) in [5, 5.41) is 2.74. The maximum Gasteiger partial charge on any atom is 0.253 e. The number of nitrogens with one attached hydrogen (secondary N) is 1. The molecule has 32 heavy (non-hydrogen) atoms. The second-order valence-corrected chi connectivity index (χ2v) is 8.82. The second kappa shape index (κ2) is 10.7. The minimum atomic E-state index is -0.114. The second-order valence-electron chi connectivity index (χ2n) is 8.82. The SMILES string of the molecule is CC(=O)Nc1ccc(C(=O)N2CCC(N3CCC[C@@H]3COCc3ccccc3)CC2)cc1. The summed E-state index contributed by atoms with van der Waals surface area (Å²) in [6.07, 6.45) is 4.42. The van der Waals surface area contributed by atoms with Gasteiger partial charge in [0.15, 0.2) is 0 Å². The topological polar surface area (TPSA) is 61.9 Å². The molecule has 2 aliphatic heterocycles. The molecule has 2 saturated heterocycles. The summed E-state index contributed by atoms with van der Waals surface area (Å²) in [4.78, 5) is 28.7. The van der Waals surface area contributed by atoms with Crippen LogP contribution in [0.5, 0.6) is 0 Å². The van der Waals surface area contributed by atoms with Crippen LogP contribution >= 0.6 is 0 Å². The van der Waals surface area contributed by atoms with Gasteiger partial charge in [-0.2, -0.15) is 0 Å². The van der Waals surface area contributed by atoms with Gasteiger partial charge in [-0.1, -0.05) is 30.3 Å². The molecule has 2 aliphatic rings. The summed E-state index contributed by atoms with van der Waals surface area (Å²) in [5.41, 5.74) is 2.60. The number of likely N-dealkylation sites (tertiary alicyclic amines) is 2. The van der Waals surface area contributed by atoms with Crippen molar-refractivity contribution in [2.45, 2.75) is 51.3 Å². The highest BCUT2D eigenvalue weighted by atomic mass is 16.5. The lowest BCUT2D eigenvalue weighted by atomic mass is 10.0. The Morgan fingerprint density at radius 2 is 1.69 bits per heavy atom. The molecule has 170 valence electrons. The van der Waals surface area contributed by atoms with Crippen LogP contribution in [0, 0.1) is 0 Å². The minimum absolute atomic E-state index is 0.0713. The Labute approximate surface area is 190 Å². The lowest BCUT2D eigenvalue weighted by molar-refractivity contribution is -0.114. The van der Waals surface area contributed by atoms with Crippen molar-refractivity contribution in [3.63, 3.8) is 0 Å². The molecule has 2 fully saturated rings. The maximum absolute atomic E-state index is 12.9. The number of rotatable bonds is 7. The Morgan fingerprint density at radius 1 is 0.969 bits per heavy atom. The first kappa shape index (κ1) is 22.5. The van der Waals surface area contributed by atoms with E-state index in [-0.39, 0.29) is 11.8 Å². The molecule has 6 nitrogen and oxygen atoms in total. The Bertz CT molecular complexity index is 892. The van der Waals surface area contributed by atoms with E-state index in [4.69, 9.17) is 4.74 Å². The number of piperidine rings is 1. The summed E-state index contributed by atoms with van der Waals surface area (Å²) in [5.74, 6) is -0.0428. The third kappa shape index (κ3) is 5.75. The molecule has 1 N–H and O–H groups in total. The van der Waals surface area contributed by atoms with Gasteiger partial charge in [-0.3, -0.25) is 14.5 Å². The van der Waals surface area contributed by atoms with Gasteiger partial charge in [0.25, 0.3) is 5.91 Å². The summed E-state index contributed by atoms with van der Waals surface area (Å²) >= 11 is 0. The number of anilines is 1. The van der Waals surface area contributed by atoms with Crippen LogP contribution in [0.3, 0.4) is 0 Å². The predicted molar refractivity (Wildman–Crippen MR) is 125 cm³/mol. The molecule has 2 aromatic carbocycles. The van der Waals surface area contributed by atoms with Gasteiger partial charge in [-0.25, -0.2) is 0 Å². The molecular formula is C26H33N3O3. The number of nitrogens with zero attached hydrogens (tertiary/aromatic N) is 2. The fraction of sp³-hybridized carbons (Fsp3) is 0.462. The van der Waals surface area contributed by atoms with E-state index in [1.165, 1.54) is 25.3 Å². The summed E-state index contributed by atoms with van der Waals surface area (Å²) in [6, 6.07) is 18.5. The number of carbonyl (C=O) groups excluding carboxylic acids is 2. The zero-order valence-corrected chi connectivity index (χ0v) is 18.8. The minimum Gasteiger partial charge on any atom is -0.375 e. The summed E-state index contributed by atoms with van der Waals surface area (Å²) in [6.45, 7) is 5.61. The number of hydrogen-bond acceptors (Lipinski definition) is 4. The van der Waals surface area contributed by atoms with Gasteiger partial charge in [0.05, 0.1) is 13.2 Å². The average Bonchev–Trinajstić information content (AvgIpc) is 3.28. The molecular weight excluding hydrogens is 402 g/mol. The third-order valence-electron chi connectivity index (χ3n) is 6.52. The van der Waals surface area contributed by atoms with E-state index in [0.29, 0.717) is 29.9 Å². The molecule has 0 aromatic heterocycles. The molecule has 6 heteroatoms. The molecule has 0 saturated carbocycles. The van der Waals surface area contributed by atoms with Gasteiger partial charge in [-0.05, 0) is 62.1 Å². The van der Waals surface area contributed by atoms with Gasteiger partial charge in [0.2, 0.25) is 5.91 Å². The zero-order chi connectivity index (χ0) is 22.3. The standard InChI is InChI=1S/C26H33N3O3/c1-20(30)27-23-11-9-22(10-12-23)26(31)28-16-13-24(14-17-28)29-15-5-8-25(29)19-32-18-21-6-3-2-4-7-21/h2-4,6-7,9-12,24-25H,5,8,13-19H2,1H3,(H,27,30)/t25-/m1/s1. The summed E-state index contributed by atoms with van der Waals surface area (Å²) in [7, 11) is 0. The maximum atomic E-state index is 12.9. The molecule has 2 amide bonds. The van der Waals surface area contributed by atoms with Crippen LogP contribution in [0.25, 0.3) is 0 Å². The fourth-order valence-electron chi connectivity index (χ4n) is 4.89. The van der Waals surface area contributed by atoms with Crippen LogP contribution in [-0.4, -0.2) is 59.9 Å². The Hall–Kier alpha value is -2.70. The number of amides is 2. The van der Waals surface area contributed by atoms with Crippen molar-refractivity contribution >= 4 is 17.5 Å². The van der Waals surface area contributed by atoms with Gasteiger partial charge in [0, 0.05) is 43.3 Å². The largest absolute Gasteiger partial charge is 0.375 e. The van der Waals surface area contributed by atoms with Crippen molar-refractivity contribution in [3.05, 3.63) is 65.7 Å². The highest BCUT2D eigenvalue weighted by Crippen LogP contribution is 2.27. The average molecular weight is 436 g/mol. The first-order valence-corrected chi connectivity index (χ1v) is 11.6. The van der Waals surface area contributed by atoms with Gasteiger partial charge >= 0.3 is 0 Å². The number of benzene rings is 2. The van der Waals surface area contributed by atoms with Crippen molar-refractivity contribution in [1.82, 2.24) is 9.80 Å². The van der Waals surface area contributed by atoms with E-state index < -0.39 is 0 Å². The van der Waals surface area contributed by atoms with E-state index in [0.717, 1.165) is 39.1 Å². The highest BCUT2D eigenvalue weighted by molar-refractivity contribution is 5.95. The molecule has 0 spiro atoms. The molecule has 0 radical (unpaired) electrons. The smallest absolute Gasteiger partial charge is 0.253 e. The van der Waals surface area contributed by atoms with E-state index in [1.54, 1.807) is 24.3 Å². The van der Waals surface area contributed by atoms with Crippen molar-refractivity contribution < 1.29 is 14.3 Å². The molecule has 0 unspecified atom stereocenters. The van der Waals surface area contributed by atoms with Crippen LogP contribution in [-0.2, 0) is 16.1 Å². The van der Waals surface area contributed by atoms with Crippen LogP contribution in [0.2, 0.25) is 0 Å². The molecule has 0 bridgehead atoms. The van der Waals surface area contributed by atoms with Crippen molar-refractivity contribution in [2.24, 2.45) is 0 Å². The van der Waals surface area contributed by atoms with Crippen molar-refractivity contribution in [3.8, 4) is 0 Å². The Morgan fingerprint density at radius 3 is 2.38 bits per heavy atom. The number of ether oxygens (including phenoxy) is 1. The van der Waals surface area contributed by atoms with Gasteiger partial charge in [-0.15, -0.1) is 0 Å². The first-order valence-electron chi connectivity index (χ1n) is 11.6. The molecule has 2 heterocycles. The zero-order valence-electron chi connectivity index (χ0n) is 18.8. The van der Waals surface area contributed by atoms with E-state index in [2.05, 4.69) is 22.3 Å². The van der Waals surface area contributed by atoms with Crippen molar-refractivity contribution in [2.75, 3.05) is 31.6 Å². The van der Waals surface area contributed by atoms with Crippen LogP contribution in [0.1, 0.15) is 48.5 Å². The van der Waals surface area contributed by atoms with E-state index in [1.807, 2.05) is 23.1 Å². The Kier molecular flexibility index (Phi) is 7.55. The molecule has 4 rings (SSSR count). The third-order valence-corrected chi connectivity index (χ3v) is 6.52. The highest BCUT2D eigenvalue weighted by Gasteiger charge is 2.34. The lowest BCUT2D eigenvalue weighted by Crippen LogP contribution is -2.49. The Balaban J connectivity index is 1.25. The van der Waals surface area contributed by atoms with E-state index in [9.17, 15) is 9.59 Å².